The van der Waals surface area contributed by atoms with Crippen molar-refractivity contribution >= 4 is 11.8 Å². The van der Waals surface area contributed by atoms with E-state index in [2.05, 4.69) is 31.1 Å². The molecule has 122 valence electrons. The van der Waals surface area contributed by atoms with E-state index in [1.807, 2.05) is 45.7 Å². The molecule has 5 nitrogen and oxygen atoms in total. The fourth-order valence-electron chi connectivity index (χ4n) is 2.98. The second-order valence-electron chi connectivity index (χ2n) is 7.14. The van der Waals surface area contributed by atoms with E-state index < -0.39 is 11.7 Å². The van der Waals surface area contributed by atoms with Crippen LogP contribution in [0.2, 0.25) is 0 Å². The molecular formula is C17H27N3O2. The number of ether oxygens (including phenoxy) is 1. The third-order valence-electron chi connectivity index (χ3n) is 4.31. The fourth-order valence-corrected chi connectivity index (χ4v) is 2.98. The number of nitrogens with zero attached hydrogens (tertiary/aromatic N) is 3. The van der Waals surface area contributed by atoms with Gasteiger partial charge in [0.05, 0.1) is 5.71 Å². The Balaban J connectivity index is 2.44. The van der Waals surface area contributed by atoms with Crippen molar-refractivity contribution in [3.05, 3.63) is 23.8 Å². The Kier molecular flexibility index (Phi) is 4.22. The quantitative estimate of drug-likeness (QED) is 0.741. The first-order chi connectivity index (χ1) is 10.1. The number of hydrazine groups is 1. The smallest absolute Gasteiger partial charge is 0.441 e. The minimum atomic E-state index is -0.544. The minimum absolute atomic E-state index is 0.109. The standard InChI is InChI=1S/C17H27N3O2/c1-8-19-13(3)17(7)11-9-10-12(2)14(17)18-20(19)15(21)22-16(4,5)6/h9-11,13H,8H2,1-7H3. The average Bonchev–Trinajstić information content (AvgIpc) is 2.38. The zero-order valence-electron chi connectivity index (χ0n) is 14.7. The van der Waals surface area contributed by atoms with E-state index in [4.69, 9.17) is 4.74 Å². The van der Waals surface area contributed by atoms with Crippen LogP contribution in [0.3, 0.4) is 0 Å². The van der Waals surface area contributed by atoms with Gasteiger partial charge in [-0.1, -0.05) is 25.2 Å². The molecule has 1 amide bonds. The molecule has 5 heteroatoms. The van der Waals surface area contributed by atoms with E-state index >= 15 is 0 Å². The van der Waals surface area contributed by atoms with Gasteiger partial charge in [-0.2, -0.15) is 10.1 Å². The summed E-state index contributed by atoms with van der Waals surface area (Å²) in [6.07, 6.45) is 5.83. The minimum Gasteiger partial charge on any atom is -0.441 e. The SMILES string of the molecule is CCN1C(C)C2(C)C=CC=C(C)C2=NN1C(=O)OC(C)(C)C. The Morgan fingerprint density at radius 2 is 2.09 bits per heavy atom. The molecule has 0 bridgehead atoms. The molecule has 0 spiro atoms. The lowest BCUT2D eigenvalue weighted by atomic mass is 9.72. The summed E-state index contributed by atoms with van der Waals surface area (Å²) in [5.74, 6) is 0. The van der Waals surface area contributed by atoms with E-state index in [-0.39, 0.29) is 11.5 Å². The summed E-state index contributed by atoms with van der Waals surface area (Å²) >= 11 is 0. The van der Waals surface area contributed by atoms with Crippen LogP contribution in [0.15, 0.2) is 28.9 Å². The van der Waals surface area contributed by atoms with Gasteiger partial charge < -0.3 is 4.74 Å². The van der Waals surface area contributed by atoms with Crippen molar-refractivity contribution < 1.29 is 9.53 Å². The molecule has 2 aliphatic rings. The molecule has 0 radical (unpaired) electrons. The highest BCUT2D eigenvalue weighted by Crippen LogP contribution is 2.39. The highest BCUT2D eigenvalue weighted by Gasteiger charge is 2.46. The molecule has 0 aromatic carbocycles. The van der Waals surface area contributed by atoms with Crippen LogP contribution in [0.4, 0.5) is 4.79 Å². The van der Waals surface area contributed by atoms with Crippen LogP contribution in [0, 0.1) is 5.41 Å². The predicted molar refractivity (Wildman–Crippen MR) is 88.4 cm³/mol. The van der Waals surface area contributed by atoms with Gasteiger partial charge >= 0.3 is 6.09 Å². The lowest BCUT2D eigenvalue weighted by Gasteiger charge is -2.48. The number of allylic oxidation sites excluding steroid dienone is 3. The van der Waals surface area contributed by atoms with Gasteiger partial charge in [0.2, 0.25) is 0 Å². The largest absolute Gasteiger partial charge is 0.446 e. The summed E-state index contributed by atoms with van der Waals surface area (Å²) in [6, 6.07) is 0.109. The lowest BCUT2D eigenvalue weighted by Crippen LogP contribution is -2.60. The first-order valence-corrected chi connectivity index (χ1v) is 7.85. The summed E-state index contributed by atoms with van der Waals surface area (Å²) in [4.78, 5) is 12.5. The van der Waals surface area contributed by atoms with Crippen LogP contribution in [0.25, 0.3) is 0 Å². The number of amides is 1. The molecular weight excluding hydrogens is 278 g/mol. The van der Waals surface area contributed by atoms with Crippen LogP contribution < -0.4 is 0 Å². The van der Waals surface area contributed by atoms with Crippen LogP contribution in [-0.4, -0.2) is 40.1 Å². The first-order valence-electron chi connectivity index (χ1n) is 7.85. The third-order valence-corrected chi connectivity index (χ3v) is 4.31. The van der Waals surface area contributed by atoms with Gasteiger partial charge in [0, 0.05) is 18.0 Å². The van der Waals surface area contributed by atoms with Gasteiger partial charge in [0.15, 0.2) is 0 Å². The maximum Gasteiger partial charge on any atom is 0.446 e. The summed E-state index contributed by atoms with van der Waals surface area (Å²) in [6.45, 7) is 14.6. The number of hydrogen-bond acceptors (Lipinski definition) is 4. The van der Waals surface area contributed by atoms with Gasteiger partial charge in [-0.15, -0.1) is 5.12 Å². The van der Waals surface area contributed by atoms with Crippen LogP contribution in [0.1, 0.15) is 48.5 Å². The maximum absolute atomic E-state index is 12.5. The zero-order chi connectivity index (χ0) is 16.7. The van der Waals surface area contributed by atoms with Crippen LogP contribution in [-0.2, 0) is 4.74 Å². The molecule has 2 atom stereocenters. The second kappa shape index (κ2) is 5.54. The maximum atomic E-state index is 12.5. The second-order valence-corrected chi connectivity index (χ2v) is 7.14. The molecule has 0 fully saturated rings. The Hall–Kier alpha value is -1.62. The van der Waals surface area contributed by atoms with E-state index in [9.17, 15) is 4.79 Å². The molecule has 0 saturated carbocycles. The summed E-state index contributed by atoms with van der Waals surface area (Å²) in [5.41, 5.74) is 1.27. The molecule has 0 saturated heterocycles. The van der Waals surface area contributed by atoms with Gasteiger partial charge in [0.1, 0.15) is 5.60 Å². The summed E-state index contributed by atoms with van der Waals surface area (Å²) < 4.78 is 5.51. The van der Waals surface area contributed by atoms with Crippen LogP contribution >= 0.6 is 0 Å². The summed E-state index contributed by atoms with van der Waals surface area (Å²) in [7, 11) is 0. The van der Waals surface area contributed by atoms with Crippen molar-refractivity contribution in [3.63, 3.8) is 0 Å². The van der Waals surface area contributed by atoms with Gasteiger partial charge in [-0.25, -0.2) is 4.79 Å². The number of fused-ring (bicyclic) bond motifs is 1. The van der Waals surface area contributed by atoms with Gasteiger partial charge in [-0.05, 0) is 47.1 Å². The van der Waals surface area contributed by atoms with Crippen molar-refractivity contribution in [2.45, 2.75) is 60.1 Å². The third kappa shape index (κ3) is 2.82. The molecule has 1 heterocycles. The van der Waals surface area contributed by atoms with Crippen LogP contribution in [0.5, 0.6) is 0 Å². The van der Waals surface area contributed by atoms with Crippen molar-refractivity contribution in [2.75, 3.05) is 6.54 Å². The number of rotatable bonds is 1. The molecule has 0 aromatic rings. The number of hydrazone groups is 1. The van der Waals surface area contributed by atoms with E-state index in [0.717, 1.165) is 11.3 Å². The molecule has 22 heavy (non-hydrogen) atoms. The van der Waals surface area contributed by atoms with E-state index in [1.165, 1.54) is 5.12 Å². The molecule has 0 N–H and O–H groups in total. The van der Waals surface area contributed by atoms with Gasteiger partial charge in [-0.3, -0.25) is 0 Å². The highest BCUT2D eigenvalue weighted by atomic mass is 16.6. The van der Waals surface area contributed by atoms with Crippen molar-refractivity contribution in [3.8, 4) is 0 Å². The van der Waals surface area contributed by atoms with Crippen molar-refractivity contribution in [1.82, 2.24) is 10.1 Å². The molecule has 1 aliphatic carbocycles. The fraction of sp³-hybridized carbons (Fsp3) is 0.647. The molecule has 0 aromatic heterocycles. The molecule has 1 aliphatic heterocycles. The Morgan fingerprint density at radius 3 is 2.64 bits per heavy atom. The number of carbonyl (C=O) groups is 1. The summed E-state index contributed by atoms with van der Waals surface area (Å²) in [5, 5.41) is 7.98. The normalized spacial score (nSPS) is 28.9. The lowest BCUT2D eigenvalue weighted by molar-refractivity contribution is -0.0869. The van der Waals surface area contributed by atoms with Gasteiger partial charge in [0.25, 0.3) is 0 Å². The van der Waals surface area contributed by atoms with E-state index in [0.29, 0.717) is 6.54 Å². The highest BCUT2D eigenvalue weighted by molar-refractivity contribution is 6.07. The first kappa shape index (κ1) is 16.7. The monoisotopic (exact) mass is 305 g/mol. The predicted octanol–water partition coefficient (Wildman–Crippen LogP) is 3.74. The average molecular weight is 305 g/mol. The number of hydrogen-bond donors (Lipinski definition) is 0. The Morgan fingerprint density at radius 1 is 1.45 bits per heavy atom. The molecule has 2 rings (SSSR count). The zero-order valence-corrected chi connectivity index (χ0v) is 14.7. The van der Waals surface area contributed by atoms with Crippen molar-refractivity contribution in [1.29, 1.82) is 0 Å². The topological polar surface area (TPSA) is 45.1 Å². The molecule has 2 unspecified atom stereocenters. The van der Waals surface area contributed by atoms with E-state index in [1.54, 1.807) is 0 Å². The van der Waals surface area contributed by atoms with Crippen molar-refractivity contribution in [2.24, 2.45) is 10.5 Å². The Bertz CT molecular complexity index is 557. The number of carbonyl (C=O) groups excluding carboxylic acids is 1. The Labute approximate surface area is 133 Å².